The summed E-state index contributed by atoms with van der Waals surface area (Å²) in [6.45, 7) is 5.82. The molecule has 1 aromatic rings. The van der Waals surface area contributed by atoms with Crippen molar-refractivity contribution in [3.05, 3.63) is 18.0 Å². The maximum atomic E-state index is 12.7. The predicted molar refractivity (Wildman–Crippen MR) is 84.6 cm³/mol. The van der Waals surface area contributed by atoms with Gasteiger partial charge in [-0.15, -0.1) is 0 Å². The number of sulfonamides is 1. The van der Waals surface area contributed by atoms with Gasteiger partial charge in [-0.25, -0.2) is 8.42 Å². The smallest absolute Gasteiger partial charge is 0.244 e. The average Bonchev–Trinajstić information content (AvgIpc) is 3.20. The molecule has 0 atom stereocenters. The molecule has 5 nitrogen and oxygen atoms in total. The fraction of sp³-hybridized carbons (Fsp3) is 0.733. The quantitative estimate of drug-likeness (QED) is 0.759. The van der Waals surface area contributed by atoms with Crippen LogP contribution in [0.1, 0.15) is 45.2 Å². The maximum absolute atomic E-state index is 12.7. The minimum atomic E-state index is -3.36. The molecule has 1 N–H and O–H groups in total. The summed E-state index contributed by atoms with van der Waals surface area (Å²) >= 11 is 0. The van der Waals surface area contributed by atoms with Crippen LogP contribution < -0.4 is 5.32 Å². The Balaban J connectivity index is 2.12. The number of aromatic nitrogens is 1. The second kappa shape index (κ2) is 6.94. The van der Waals surface area contributed by atoms with Crippen LogP contribution in [0, 0.1) is 0 Å². The van der Waals surface area contributed by atoms with E-state index in [-0.39, 0.29) is 0 Å². The van der Waals surface area contributed by atoms with Crippen molar-refractivity contribution in [3.8, 4) is 0 Å². The topological polar surface area (TPSA) is 54.3 Å². The summed E-state index contributed by atoms with van der Waals surface area (Å²) in [6.07, 6.45) is 6.09. The molecule has 1 aromatic heterocycles. The Hall–Kier alpha value is -0.850. The summed E-state index contributed by atoms with van der Waals surface area (Å²) in [4.78, 5) is 0.413. The largest absolute Gasteiger partial charge is 0.352 e. The molecule has 0 saturated heterocycles. The molecule has 0 spiro atoms. The number of nitrogens with zero attached hydrogens (tertiary/aromatic N) is 2. The van der Waals surface area contributed by atoms with Gasteiger partial charge in [-0.05, 0) is 25.3 Å². The van der Waals surface area contributed by atoms with E-state index in [9.17, 15) is 8.42 Å². The van der Waals surface area contributed by atoms with E-state index in [2.05, 4.69) is 12.2 Å². The van der Waals surface area contributed by atoms with Crippen LogP contribution in [-0.2, 0) is 23.6 Å². The molecule has 1 saturated carbocycles. The molecule has 1 heterocycles. The van der Waals surface area contributed by atoms with E-state index in [0.29, 0.717) is 24.0 Å². The van der Waals surface area contributed by atoms with Crippen molar-refractivity contribution in [3.63, 3.8) is 0 Å². The number of unbranched alkanes of at least 4 members (excludes halogenated alkanes) is 1. The first-order valence-corrected chi connectivity index (χ1v) is 9.31. The van der Waals surface area contributed by atoms with E-state index in [1.807, 2.05) is 18.5 Å². The standard InChI is InChI=1S/C15H27N3O2S/c1-4-6-9-18(5-2)21(19,20)15-10-14(17(3)12-15)11-16-13-7-8-13/h10,12-13,16H,4-9,11H2,1-3H3. The zero-order chi connectivity index (χ0) is 15.5. The van der Waals surface area contributed by atoms with Crippen LogP contribution in [0.15, 0.2) is 17.2 Å². The highest BCUT2D eigenvalue weighted by Crippen LogP contribution is 2.22. The Labute approximate surface area is 128 Å². The summed E-state index contributed by atoms with van der Waals surface area (Å²) in [5, 5.41) is 3.43. The van der Waals surface area contributed by atoms with Crippen LogP contribution in [0.2, 0.25) is 0 Å². The summed E-state index contributed by atoms with van der Waals surface area (Å²) in [5.41, 5.74) is 1.02. The first kappa shape index (κ1) is 16.5. The van der Waals surface area contributed by atoms with Crippen molar-refractivity contribution >= 4 is 10.0 Å². The fourth-order valence-electron chi connectivity index (χ4n) is 2.36. The molecule has 0 radical (unpaired) electrons. The Morgan fingerprint density at radius 1 is 1.38 bits per heavy atom. The van der Waals surface area contributed by atoms with E-state index in [1.54, 1.807) is 16.6 Å². The molecule has 0 aliphatic heterocycles. The molecular weight excluding hydrogens is 286 g/mol. The Bertz CT molecular complexity index is 561. The molecule has 0 aromatic carbocycles. The molecule has 21 heavy (non-hydrogen) atoms. The third kappa shape index (κ3) is 4.08. The molecule has 0 unspecified atom stereocenters. The highest BCUT2D eigenvalue weighted by Gasteiger charge is 2.25. The lowest BCUT2D eigenvalue weighted by Crippen LogP contribution is -2.31. The van der Waals surface area contributed by atoms with E-state index < -0.39 is 10.0 Å². The summed E-state index contributed by atoms with van der Waals surface area (Å²) in [5.74, 6) is 0. The summed E-state index contributed by atoms with van der Waals surface area (Å²) < 4.78 is 28.8. The first-order valence-electron chi connectivity index (χ1n) is 7.87. The Morgan fingerprint density at radius 3 is 2.67 bits per heavy atom. The lowest BCUT2D eigenvalue weighted by atomic mass is 10.3. The SMILES string of the molecule is CCCCN(CC)S(=O)(=O)c1cc(CNC2CC2)n(C)c1. The predicted octanol–water partition coefficient (Wildman–Crippen LogP) is 2.09. The maximum Gasteiger partial charge on any atom is 0.244 e. The van der Waals surface area contributed by atoms with Gasteiger partial charge in [0.05, 0.1) is 0 Å². The fourth-order valence-corrected chi connectivity index (χ4v) is 3.95. The van der Waals surface area contributed by atoms with Crippen molar-refractivity contribution < 1.29 is 8.42 Å². The Kier molecular flexibility index (Phi) is 5.46. The first-order chi connectivity index (χ1) is 9.98. The second-order valence-corrected chi connectivity index (χ2v) is 7.72. The van der Waals surface area contributed by atoms with Crippen LogP contribution in [-0.4, -0.2) is 36.4 Å². The highest BCUT2D eigenvalue weighted by atomic mass is 32.2. The number of nitrogens with one attached hydrogen (secondary N) is 1. The van der Waals surface area contributed by atoms with Crippen molar-refractivity contribution in [1.29, 1.82) is 0 Å². The van der Waals surface area contributed by atoms with Crippen molar-refractivity contribution in [2.45, 2.75) is 57.0 Å². The lowest BCUT2D eigenvalue weighted by molar-refractivity contribution is 0.419. The molecule has 1 aliphatic carbocycles. The highest BCUT2D eigenvalue weighted by molar-refractivity contribution is 7.89. The third-order valence-electron chi connectivity index (χ3n) is 3.98. The van der Waals surface area contributed by atoms with Gasteiger partial charge in [0.15, 0.2) is 0 Å². The van der Waals surface area contributed by atoms with Gasteiger partial charge in [-0.2, -0.15) is 4.31 Å². The van der Waals surface area contributed by atoms with Crippen molar-refractivity contribution in [1.82, 2.24) is 14.2 Å². The van der Waals surface area contributed by atoms with Crippen molar-refractivity contribution in [2.75, 3.05) is 13.1 Å². The lowest BCUT2D eigenvalue weighted by Gasteiger charge is -2.19. The van der Waals surface area contributed by atoms with Gasteiger partial charge >= 0.3 is 0 Å². The molecule has 1 fully saturated rings. The van der Waals surface area contributed by atoms with Crippen molar-refractivity contribution in [2.24, 2.45) is 7.05 Å². The van der Waals surface area contributed by atoms with Gasteiger partial charge in [0.1, 0.15) is 4.90 Å². The van der Waals surface area contributed by atoms with E-state index in [0.717, 1.165) is 25.1 Å². The van der Waals surface area contributed by atoms with E-state index >= 15 is 0 Å². The van der Waals surface area contributed by atoms with Crippen LogP contribution >= 0.6 is 0 Å². The summed E-state index contributed by atoms with van der Waals surface area (Å²) in [7, 11) is -1.46. The van der Waals surface area contributed by atoms with Crippen LogP contribution in [0.5, 0.6) is 0 Å². The minimum absolute atomic E-state index is 0.413. The monoisotopic (exact) mass is 313 g/mol. The number of rotatable bonds is 9. The molecule has 6 heteroatoms. The zero-order valence-electron chi connectivity index (χ0n) is 13.3. The van der Waals surface area contributed by atoms with Gasteiger partial charge in [0.25, 0.3) is 0 Å². The molecule has 0 amide bonds. The number of aryl methyl sites for hydroxylation is 1. The van der Waals surface area contributed by atoms with Gasteiger partial charge in [-0.3, -0.25) is 0 Å². The van der Waals surface area contributed by atoms with Crippen LogP contribution in [0.4, 0.5) is 0 Å². The normalized spacial score (nSPS) is 15.8. The van der Waals surface area contributed by atoms with Crippen LogP contribution in [0.3, 0.4) is 0 Å². The molecular formula is C15H27N3O2S. The Morgan fingerprint density at radius 2 is 2.10 bits per heavy atom. The molecule has 2 rings (SSSR count). The van der Waals surface area contributed by atoms with E-state index in [1.165, 1.54) is 12.8 Å². The zero-order valence-corrected chi connectivity index (χ0v) is 14.1. The third-order valence-corrected chi connectivity index (χ3v) is 5.92. The molecule has 0 bridgehead atoms. The van der Waals surface area contributed by atoms with E-state index in [4.69, 9.17) is 0 Å². The minimum Gasteiger partial charge on any atom is -0.352 e. The molecule has 120 valence electrons. The second-order valence-electron chi connectivity index (χ2n) is 5.78. The van der Waals surface area contributed by atoms with Gasteiger partial charge < -0.3 is 9.88 Å². The number of hydrogen-bond acceptors (Lipinski definition) is 3. The van der Waals surface area contributed by atoms with Gasteiger partial charge in [0.2, 0.25) is 10.0 Å². The average molecular weight is 313 g/mol. The van der Waals surface area contributed by atoms with Gasteiger partial charge in [0, 0.05) is 44.6 Å². The molecule has 1 aliphatic rings. The summed E-state index contributed by atoms with van der Waals surface area (Å²) in [6, 6.07) is 2.43. The van der Waals surface area contributed by atoms with Gasteiger partial charge in [-0.1, -0.05) is 20.3 Å². The number of hydrogen-bond donors (Lipinski definition) is 1. The van der Waals surface area contributed by atoms with Crippen LogP contribution in [0.25, 0.3) is 0 Å².